The van der Waals surface area contributed by atoms with Gasteiger partial charge in [0.1, 0.15) is 38.1 Å². The summed E-state index contributed by atoms with van der Waals surface area (Å²) in [5.74, 6) is 0. The van der Waals surface area contributed by atoms with Crippen LogP contribution in [0.15, 0.2) is 49.1 Å². The lowest BCUT2D eigenvalue weighted by Crippen LogP contribution is -2.59. The molecule has 4 N–H and O–H groups in total. The molecule has 0 aromatic carbocycles. The molecule has 0 unspecified atom stereocenters. The molecule has 8 nitrogen and oxygen atoms in total. The van der Waals surface area contributed by atoms with Crippen LogP contribution in [-0.4, -0.2) is 64.3 Å². The smallest absolute Gasteiger partial charge is 0.186 e. The van der Waals surface area contributed by atoms with Crippen molar-refractivity contribution in [3.05, 3.63) is 49.1 Å². The summed E-state index contributed by atoms with van der Waals surface area (Å²) in [4.78, 5) is 0. The van der Waals surface area contributed by atoms with Gasteiger partial charge >= 0.3 is 0 Å². The van der Waals surface area contributed by atoms with Gasteiger partial charge in [-0.15, -0.1) is 0 Å². The van der Waals surface area contributed by atoms with Crippen LogP contribution < -0.4 is 9.13 Å². The van der Waals surface area contributed by atoms with Crippen LogP contribution in [0.1, 0.15) is 0 Å². The van der Waals surface area contributed by atoms with Gasteiger partial charge in [-0.1, -0.05) is 0 Å². The SMILES string of the molecule is C[n+]1ccc(-c2cc[n+](CCO[C@H]3O[C@H](CO)[C@@H](O)[C@H](O)[C@@H]3O)cc2)cc1. The van der Waals surface area contributed by atoms with E-state index in [0.29, 0.717) is 6.54 Å². The fourth-order valence-corrected chi connectivity index (χ4v) is 2.97. The summed E-state index contributed by atoms with van der Waals surface area (Å²) in [6.07, 6.45) is 1.58. The number of aliphatic hydroxyl groups is 4. The fourth-order valence-electron chi connectivity index (χ4n) is 2.97. The predicted molar refractivity (Wildman–Crippen MR) is 93.0 cm³/mol. The fraction of sp³-hybridized carbons (Fsp3) is 0.474. The van der Waals surface area contributed by atoms with Crippen LogP contribution in [0.3, 0.4) is 0 Å². The van der Waals surface area contributed by atoms with Crippen LogP contribution in [0.5, 0.6) is 0 Å². The highest BCUT2D eigenvalue weighted by Crippen LogP contribution is 2.21. The summed E-state index contributed by atoms with van der Waals surface area (Å²) in [5, 5.41) is 38.7. The number of nitrogens with zero attached hydrogens (tertiary/aromatic N) is 2. The maximum Gasteiger partial charge on any atom is 0.186 e. The van der Waals surface area contributed by atoms with Crippen LogP contribution >= 0.6 is 0 Å². The highest BCUT2D eigenvalue weighted by molar-refractivity contribution is 5.60. The minimum Gasteiger partial charge on any atom is -0.394 e. The molecule has 0 radical (unpaired) electrons. The number of aromatic nitrogens is 2. The lowest BCUT2D eigenvalue weighted by Gasteiger charge is -2.39. The summed E-state index contributed by atoms with van der Waals surface area (Å²) < 4.78 is 14.7. The molecule has 27 heavy (non-hydrogen) atoms. The summed E-state index contributed by atoms with van der Waals surface area (Å²) in [6.45, 7) is 0.269. The predicted octanol–water partition coefficient (Wildman–Crippen LogP) is -1.72. The van der Waals surface area contributed by atoms with Crippen molar-refractivity contribution in [1.82, 2.24) is 0 Å². The zero-order valence-corrected chi connectivity index (χ0v) is 15.1. The van der Waals surface area contributed by atoms with Crippen molar-refractivity contribution < 1.29 is 39.0 Å². The second kappa shape index (κ2) is 8.83. The van der Waals surface area contributed by atoms with Gasteiger partial charge in [0.25, 0.3) is 0 Å². The lowest BCUT2D eigenvalue weighted by atomic mass is 9.99. The number of pyridine rings is 2. The van der Waals surface area contributed by atoms with Gasteiger partial charge in [-0.2, -0.15) is 0 Å². The molecule has 0 aliphatic carbocycles. The van der Waals surface area contributed by atoms with E-state index in [1.807, 2.05) is 65.2 Å². The molecule has 0 bridgehead atoms. The third-order valence-electron chi connectivity index (χ3n) is 4.68. The van der Waals surface area contributed by atoms with E-state index >= 15 is 0 Å². The van der Waals surface area contributed by atoms with Crippen molar-refractivity contribution in [2.45, 2.75) is 37.3 Å². The molecule has 1 fully saturated rings. The Hall–Kier alpha value is -1.94. The molecule has 146 valence electrons. The van der Waals surface area contributed by atoms with E-state index in [9.17, 15) is 20.4 Å². The van der Waals surface area contributed by atoms with E-state index in [-0.39, 0.29) is 6.61 Å². The van der Waals surface area contributed by atoms with Crippen molar-refractivity contribution in [3.8, 4) is 11.1 Å². The monoisotopic (exact) mass is 378 g/mol. The zero-order chi connectivity index (χ0) is 19.4. The topological polar surface area (TPSA) is 107 Å². The molecule has 1 saturated heterocycles. The molecule has 1 aliphatic rings. The Labute approximate surface area is 157 Å². The maximum atomic E-state index is 9.95. The summed E-state index contributed by atoms with van der Waals surface area (Å²) >= 11 is 0. The average molecular weight is 378 g/mol. The molecule has 0 saturated carbocycles. The highest BCUT2D eigenvalue weighted by Gasteiger charge is 2.44. The number of aliphatic hydroxyl groups excluding tert-OH is 4. The molecule has 0 amide bonds. The number of aryl methyl sites for hydroxylation is 1. The van der Waals surface area contributed by atoms with E-state index in [4.69, 9.17) is 9.47 Å². The van der Waals surface area contributed by atoms with Crippen LogP contribution in [0.4, 0.5) is 0 Å². The number of rotatable bonds is 6. The van der Waals surface area contributed by atoms with Gasteiger partial charge in [-0.3, -0.25) is 0 Å². The molecule has 5 atom stereocenters. The Balaban J connectivity index is 1.53. The second-order valence-corrected chi connectivity index (χ2v) is 6.64. The molecule has 3 heterocycles. The molecule has 2 aromatic heterocycles. The van der Waals surface area contributed by atoms with Gasteiger partial charge in [-0.25, -0.2) is 9.13 Å². The zero-order valence-electron chi connectivity index (χ0n) is 15.1. The molecule has 2 aromatic rings. The van der Waals surface area contributed by atoms with Gasteiger partial charge < -0.3 is 29.9 Å². The quantitative estimate of drug-likeness (QED) is 0.446. The largest absolute Gasteiger partial charge is 0.394 e. The summed E-state index contributed by atoms with van der Waals surface area (Å²) in [5.41, 5.74) is 2.22. The Morgan fingerprint density at radius 1 is 0.926 bits per heavy atom. The van der Waals surface area contributed by atoms with E-state index < -0.39 is 37.3 Å². The first-order valence-corrected chi connectivity index (χ1v) is 8.86. The van der Waals surface area contributed by atoms with Crippen molar-refractivity contribution >= 4 is 0 Å². The maximum absolute atomic E-state index is 9.95. The number of hydrogen-bond donors (Lipinski definition) is 4. The summed E-state index contributed by atoms with van der Waals surface area (Å²) in [7, 11) is 1.97. The molecular weight excluding hydrogens is 352 g/mol. The van der Waals surface area contributed by atoms with E-state index in [1.54, 1.807) is 0 Å². The third-order valence-corrected chi connectivity index (χ3v) is 4.68. The van der Waals surface area contributed by atoms with E-state index in [2.05, 4.69) is 0 Å². The Morgan fingerprint density at radius 2 is 1.52 bits per heavy atom. The minimum absolute atomic E-state index is 0.230. The van der Waals surface area contributed by atoms with Crippen LogP contribution in [-0.2, 0) is 23.1 Å². The molecule has 1 aliphatic heterocycles. The molecular formula is C19H26N2O6+2. The van der Waals surface area contributed by atoms with Gasteiger partial charge in [-0.05, 0) is 11.1 Å². The van der Waals surface area contributed by atoms with Crippen molar-refractivity contribution in [3.63, 3.8) is 0 Å². The van der Waals surface area contributed by atoms with Gasteiger partial charge in [0.05, 0.1) is 6.61 Å². The second-order valence-electron chi connectivity index (χ2n) is 6.64. The minimum atomic E-state index is -1.43. The third kappa shape index (κ3) is 4.67. The first-order chi connectivity index (χ1) is 13.0. The van der Waals surface area contributed by atoms with Gasteiger partial charge in [0, 0.05) is 24.3 Å². The standard InChI is InChI=1S/C19H26N2O6/c1-20-6-2-13(3-7-20)14-4-8-21(9-5-14)10-11-26-19-18(25)17(24)16(23)15(12-22)27-19/h2-9,15-19,22-25H,10-12H2,1H3/q+2/t15-,16-,17+,18+,19+/m1/s1. The molecule has 3 rings (SSSR count). The van der Waals surface area contributed by atoms with E-state index in [0.717, 1.165) is 11.1 Å². The van der Waals surface area contributed by atoms with Crippen LogP contribution in [0, 0.1) is 0 Å². The molecule has 0 spiro atoms. The Bertz CT molecular complexity index is 722. The highest BCUT2D eigenvalue weighted by atomic mass is 16.7. The van der Waals surface area contributed by atoms with Crippen molar-refractivity contribution in [2.75, 3.05) is 13.2 Å². The Morgan fingerprint density at radius 3 is 2.11 bits per heavy atom. The number of hydrogen-bond acceptors (Lipinski definition) is 6. The average Bonchev–Trinajstić information content (AvgIpc) is 2.69. The van der Waals surface area contributed by atoms with E-state index in [1.165, 1.54) is 0 Å². The first kappa shape index (κ1) is 19.8. The first-order valence-electron chi connectivity index (χ1n) is 8.86. The van der Waals surface area contributed by atoms with Crippen LogP contribution in [0.25, 0.3) is 11.1 Å². The molecule has 8 heteroatoms. The Kier molecular flexibility index (Phi) is 6.48. The van der Waals surface area contributed by atoms with Crippen molar-refractivity contribution in [2.24, 2.45) is 7.05 Å². The van der Waals surface area contributed by atoms with Gasteiger partial charge in [0.2, 0.25) is 0 Å². The van der Waals surface area contributed by atoms with Crippen LogP contribution in [0.2, 0.25) is 0 Å². The van der Waals surface area contributed by atoms with Crippen molar-refractivity contribution in [1.29, 1.82) is 0 Å². The number of ether oxygens (including phenoxy) is 2. The van der Waals surface area contributed by atoms with Gasteiger partial charge in [0.15, 0.2) is 37.6 Å². The normalized spacial score (nSPS) is 28.3. The summed E-state index contributed by atoms with van der Waals surface area (Å²) in [6, 6.07) is 8.09. The lowest BCUT2D eigenvalue weighted by molar-refractivity contribution is -0.699.